The molecule has 0 amide bonds. The molecule has 0 N–H and O–H groups in total. The Morgan fingerprint density at radius 3 is 3.05 bits per heavy atom. The molecule has 2 aromatic heterocycles. The fourth-order valence-corrected chi connectivity index (χ4v) is 2.93. The summed E-state index contributed by atoms with van der Waals surface area (Å²) in [6, 6.07) is 5.27. The van der Waals surface area contributed by atoms with Crippen LogP contribution in [0.4, 0.5) is 4.39 Å². The van der Waals surface area contributed by atoms with Crippen LogP contribution in [-0.2, 0) is 11.3 Å². The van der Waals surface area contributed by atoms with E-state index in [0.717, 1.165) is 0 Å². The van der Waals surface area contributed by atoms with E-state index in [9.17, 15) is 14.0 Å². The number of ether oxygens (including phenoxy) is 1. The average Bonchev–Trinajstić information content (AvgIpc) is 2.96. The Kier molecular flexibility index (Phi) is 4.04. The molecule has 8 heteroatoms. The topological polar surface area (TPSA) is 60.7 Å². The molecular formula is C14H8BrFN2O3S. The lowest BCUT2D eigenvalue weighted by atomic mass is 10.2. The van der Waals surface area contributed by atoms with Gasteiger partial charge in [-0.15, -0.1) is 11.3 Å². The van der Waals surface area contributed by atoms with Crippen LogP contribution in [0.15, 0.2) is 45.1 Å². The maximum absolute atomic E-state index is 13.6. The van der Waals surface area contributed by atoms with Gasteiger partial charge in [0.15, 0.2) is 4.96 Å². The standard InChI is InChI=1S/C14H8BrFN2O3S/c15-8-1-2-11(16)10(5-8)13(20)21-7-9-6-12(19)18-3-4-22-14(18)17-9/h1-6H,7H2. The van der Waals surface area contributed by atoms with Crippen LogP contribution in [0.1, 0.15) is 16.1 Å². The number of hydrogen-bond acceptors (Lipinski definition) is 5. The Hall–Kier alpha value is -2.06. The molecule has 0 spiro atoms. The number of thiazole rings is 1. The highest BCUT2D eigenvalue weighted by atomic mass is 79.9. The van der Waals surface area contributed by atoms with Crippen molar-refractivity contribution in [2.45, 2.75) is 6.61 Å². The minimum Gasteiger partial charge on any atom is -0.455 e. The van der Waals surface area contributed by atoms with Crippen molar-refractivity contribution in [2.75, 3.05) is 0 Å². The third kappa shape index (κ3) is 2.93. The second-order valence-electron chi connectivity index (χ2n) is 4.34. The van der Waals surface area contributed by atoms with E-state index in [1.165, 1.54) is 40.0 Å². The van der Waals surface area contributed by atoms with Crippen molar-refractivity contribution in [3.63, 3.8) is 0 Å². The molecule has 0 bridgehead atoms. The van der Waals surface area contributed by atoms with Gasteiger partial charge < -0.3 is 4.74 Å². The molecule has 3 rings (SSSR count). The zero-order valence-corrected chi connectivity index (χ0v) is 13.4. The Labute approximate surface area is 136 Å². The first-order valence-electron chi connectivity index (χ1n) is 6.12. The van der Waals surface area contributed by atoms with Gasteiger partial charge >= 0.3 is 5.97 Å². The summed E-state index contributed by atoms with van der Waals surface area (Å²) in [6.45, 7) is -0.200. The molecule has 0 aliphatic rings. The summed E-state index contributed by atoms with van der Waals surface area (Å²) in [7, 11) is 0. The Balaban J connectivity index is 1.80. The Morgan fingerprint density at radius 1 is 1.41 bits per heavy atom. The van der Waals surface area contributed by atoms with Gasteiger partial charge in [0, 0.05) is 22.1 Å². The van der Waals surface area contributed by atoms with Crippen molar-refractivity contribution in [2.24, 2.45) is 0 Å². The molecule has 0 aliphatic heterocycles. The van der Waals surface area contributed by atoms with Gasteiger partial charge in [-0.2, -0.15) is 0 Å². The molecule has 0 saturated carbocycles. The van der Waals surface area contributed by atoms with Crippen LogP contribution in [0.5, 0.6) is 0 Å². The second kappa shape index (κ2) is 5.98. The van der Waals surface area contributed by atoms with E-state index in [4.69, 9.17) is 4.74 Å². The number of rotatable bonds is 3. The lowest BCUT2D eigenvalue weighted by Gasteiger charge is -2.06. The number of esters is 1. The molecule has 112 valence electrons. The van der Waals surface area contributed by atoms with Crippen molar-refractivity contribution in [1.82, 2.24) is 9.38 Å². The fourth-order valence-electron chi connectivity index (χ4n) is 1.83. The molecule has 0 atom stereocenters. The number of benzene rings is 1. The third-order valence-corrected chi connectivity index (χ3v) is 4.11. The first-order chi connectivity index (χ1) is 10.5. The first-order valence-corrected chi connectivity index (χ1v) is 7.80. The molecular weight excluding hydrogens is 375 g/mol. The van der Waals surface area contributed by atoms with Crippen LogP contribution in [0.25, 0.3) is 4.96 Å². The lowest BCUT2D eigenvalue weighted by Crippen LogP contribution is -2.15. The van der Waals surface area contributed by atoms with E-state index in [0.29, 0.717) is 15.1 Å². The Morgan fingerprint density at radius 2 is 2.23 bits per heavy atom. The number of hydrogen-bond donors (Lipinski definition) is 0. The summed E-state index contributed by atoms with van der Waals surface area (Å²) < 4.78 is 20.6. The number of carbonyl (C=O) groups is 1. The number of aromatic nitrogens is 2. The van der Waals surface area contributed by atoms with Gasteiger partial charge in [-0.3, -0.25) is 9.20 Å². The predicted octanol–water partition coefficient (Wildman–Crippen LogP) is 3.01. The number of halogens is 2. The summed E-state index contributed by atoms with van der Waals surface area (Å²) >= 11 is 4.46. The highest BCUT2D eigenvalue weighted by Crippen LogP contribution is 2.17. The van der Waals surface area contributed by atoms with Crippen molar-refractivity contribution in [3.05, 3.63) is 67.7 Å². The Bertz CT molecular complexity index is 922. The molecule has 0 radical (unpaired) electrons. The van der Waals surface area contributed by atoms with E-state index in [1.54, 1.807) is 11.6 Å². The number of nitrogens with zero attached hydrogens (tertiary/aromatic N) is 2. The molecule has 1 aromatic carbocycles. The van der Waals surface area contributed by atoms with E-state index in [1.807, 2.05) is 0 Å². The van der Waals surface area contributed by atoms with E-state index < -0.39 is 11.8 Å². The van der Waals surface area contributed by atoms with Crippen LogP contribution >= 0.6 is 27.3 Å². The fraction of sp³-hybridized carbons (Fsp3) is 0.0714. The summed E-state index contributed by atoms with van der Waals surface area (Å²) in [4.78, 5) is 28.4. The molecule has 5 nitrogen and oxygen atoms in total. The zero-order chi connectivity index (χ0) is 15.7. The summed E-state index contributed by atoms with van der Waals surface area (Å²) in [6.07, 6.45) is 1.61. The monoisotopic (exact) mass is 382 g/mol. The van der Waals surface area contributed by atoms with Crippen LogP contribution in [0, 0.1) is 5.82 Å². The lowest BCUT2D eigenvalue weighted by molar-refractivity contribution is 0.0462. The minimum absolute atomic E-state index is 0.178. The highest BCUT2D eigenvalue weighted by molar-refractivity contribution is 9.10. The van der Waals surface area contributed by atoms with Crippen molar-refractivity contribution in [1.29, 1.82) is 0 Å². The largest absolute Gasteiger partial charge is 0.455 e. The predicted molar refractivity (Wildman–Crippen MR) is 82.6 cm³/mol. The maximum Gasteiger partial charge on any atom is 0.341 e. The van der Waals surface area contributed by atoms with E-state index in [2.05, 4.69) is 20.9 Å². The quantitative estimate of drug-likeness (QED) is 0.653. The smallest absolute Gasteiger partial charge is 0.341 e. The third-order valence-electron chi connectivity index (χ3n) is 2.86. The van der Waals surface area contributed by atoms with E-state index >= 15 is 0 Å². The normalized spacial score (nSPS) is 10.8. The van der Waals surface area contributed by atoms with Gasteiger partial charge in [-0.1, -0.05) is 15.9 Å². The molecule has 0 fully saturated rings. The maximum atomic E-state index is 13.6. The van der Waals surface area contributed by atoms with Gasteiger partial charge in [0.1, 0.15) is 12.4 Å². The zero-order valence-electron chi connectivity index (χ0n) is 11.0. The van der Waals surface area contributed by atoms with Gasteiger partial charge in [0.05, 0.1) is 11.3 Å². The van der Waals surface area contributed by atoms with Gasteiger partial charge in [-0.05, 0) is 18.2 Å². The van der Waals surface area contributed by atoms with Crippen molar-refractivity contribution >= 4 is 38.2 Å². The van der Waals surface area contributed by atoms with E-state index in [-0.39, 0.29) is 17.7 Å². The molecule has 0 aliphatic carbocycles. The average molecular weight is 383 g/mol. The first kappa shape index (κ1) is 14.9. The molecule has 2 heterocycles. The molecule has 22 heavy (non-hydrogen) atoms. The molecule has 0 unspecified atom stereocenters. The van der Waals surface area contributed by atoms with Crippen molar-refractivity contribution < 1.29 is 13.9 Å². The van der Waals surface area contributed by atoms with Gasteiger partial charge in [0.25, 0.3) is 5.56 Å². The van der Waals surface area contributed by atoms with Crippen LogP contribution in [0.3, 0.4) is 0 Å². The SMILES string of the molecule is O=C(OCc1cc(=O)n2ccsc2n1)c1cc(Br)ccc1F. The summed E-state index contributed by atoms with van der Waals surface area (Å²) in [5.41, 5.74) is -0.120. The second-order valence-corrected chi connectivity index (χ2v) is 6.13. The van der Waals surface area contributed by atoms with Crippen LogP contribution in [-0.4, -0.2) is 15.4 Å². The summed E-state index contributed by atoms with van der Waals surface area (Å²) in [5.74, 6) is -1.48. The van der Waals surface area contributed by atoms with Gasteiger partial charge in [-0.25, -0.2) is 14.2 Å². The highest BCUT2D eigenvalue weighted by Gasteiger charge is 2.14. The number of fused-ring (bicyclic) bond motifs is 1. The van der Waals surface area contributed by atoms with Gasteiger partial charge in [0.2, 0.25) is 0 Å². The van der Waals surface area contributed by atoms with Crippen molar-refractivity contribution in [3.8, 4) is 0 Å². The molecule has 3 aromatic rings. The summed E-state index contributed by atoms with van der Waals surface area (Å²) in [5, 5.41) is 1.73. The van der Waals surface area contributed by atoms with Crippen LogP contribution < -0.4 is 5.56 Å². The van der Waals surface area contributed by atoms with Crippen LogP contribution in [0.2, 0.25) is 0 Å². The number of carbonyl (C=O) groups excluding carboxylic acids is 1. The molecule has 0 saturated heterocycles. The minimum atomic E-state index is -0.813.